The van der Waals surface area contributed by atoms with Gasteiger partial charge in [-0.05, 0) is 23.8 Å². The quantitative estimate of drug-likeness (QED) is 0.726. The first kappa shape index (κ1) is 15.1. The fourth-order valence-corrected chi connectivity index (χ4v) is 2.11. The van der Waals surface area contributed by atoms with Crippen LogP contribution in [0.25, 0.3) is 11.3 Å². The smallest absolute Gasteiger partial charge is 0.246 e. The molecule has 3 aromatic rings. The normalized spacial score (nSPS) is 10.6. The summed E-state index contributed by atoms with van der Waals surface area (Å²) >= 11 is 0. The first-order valence-corrected chi connectivity index (χ1v) is 7.31. The van der Waals surface area contributed by atoms with Crippen LogP contribution in [-0.4, -0.2) is 12.5 Å². The van der Waals surface area contributed by atoms with Gasteiger partial charge in [0.2, 0.25) is 5.91 Å². The van der Waals surface area contributed by atoms with Gasteiger partial charge >= 0.3 is 0 Å². The van der Waals surface area contributed by atoms with E-state index in [0.717, 1.165) is 11.1 Å². The molecule has 1 amide bonds. The minimum atomic E-state index is -0.179. The van der Waals surface area contributed by atoms with Crippen molar-refractivity contribution in [2.75, 3.05) is 6.61 Å². The number of rotatable bonds is 7. The summed E-state index contributed by atoms with van der Waals surface area (Å²) in [5.74, 6) is 1.21. The average Bonchev–Trinajstić information content (AvgIpc) is 3.25. The number of ether oxygens (including phenoxy) is 1. The second-order valence-electron chi connectivity index (χ2n) is 5.03. The molecule has 118 valence electrons. The molecule has 2 heterocycles. The lowest BCUT2D eigenvalue weighted by atomic mass is 10.2. The van der Waals surface area contributed by atoms with Crippen molar-refractivity contribution in [3.63, 3.8) is 0 Å². The Morgan fingerprint density at radius 2 is 1.96 bits per heavy atom. The van der Waals surface area contributed by atoms with Crippen LogP contribution < -0.4 is 5.32 Å². The van der Waals surface area contributed by atoms with Crippen LogP contribution in [0.1, 0.15) is 11.3 Å². The zero-order valence-electron chi connectivity index (χ0n) is 12.5. The molecule has 0 saturated heterocycles. The van der Waals surface area contributed by atoms with E-state index >= 15 is 0 Å². The van der Waals surface area contributed by atoms with Crippen LogP contribution >= 0.6 is 0 Å². The molecule has 0 radical (unpaired) electrons. The SMILES string of the molecule is O=C(COCc1ccccc1)NCc1ccc(-c2ccoc2)o1. The molecule has 0 unspecified atom stereocenters. The maximum Gasteiger partial charge on any atom is 0.246 e. The standard InChI is InChI=1S/C18H17NO4/c20-18(13-22-11-14-4-2-1-3-5-14)19-10-16-6-7-17(23-16)15-8-9-21-12-15/h1-9,12H,10-11,13H2,(H,19,20). The topological polar surface area (TPSA) is 64.6 Å². The Hall–Kier alpha value is -2.79. The monoisotopic (exact) mass is 311 g/mol. The molecule has 1 N–H and O–H groups in total. The third-order valence-corrected chi connectivity index (χ3v) is 3.27. The predicted molar refractivity (Wildman–Crippen MR) is 84.4 cm³/mol. The number of hydrogen-bond acceptors (Lipinski definition) is 4. The van der Waals surface area contributed by atoms with Crippen LogP contribution in [0.2, 0.25) is 0 Å². The molecular weight excluding hydrogens is 294 g/mol. The van der Waals surface area contributed by atoms with Crippen molar-refractivity contribution < 1.29 is 18.4 Å². The first-order valence-electron chi connectivity index (χ1n) is 7.31. The summed E-state index contributed by atoms with van der Waals surface area (Å²) in [7, 11) is 0. The Balaban J connectivity index is 1.41. The molecule has 3 rings (SSSR count). The van der Waals surface area contributed by atoms with Crippen molar-refractivity contribution in [1.82, 2.24) is 5.32 Å². The molecule has 0 spiro atoms. The minimum absolute atomic E-state index is 0.0180. The van der Waals surface area contributed by atoms with Crippen molar-refractivity contribution in [2.45, 2.75) is 13.2 Å². The zero-order chi connectivity index (χ0) is 15.9. The number of carbonyl (C=O) groups is 1. The summed E-state index contributed by atoms with van der Waals surface area (Å²) in [6, 6.07) is 15.2. The Morgan fingerprint density at radius 3 is 2.74 bits per heavy atom. The van der Waals surface area contributed by atoms with Crippen molar-refractivity contribution in [2.24, 2.45) is 0 Å². The fraction of sp³-hybridized carbons (Fsp3) is 0.167. The van der Waals surface area contributed by atoms with Gasteiger partial charge in [0.25, 0.3) is 0 Å². The Morgan fingerprint density at radius 1 is 1.09 bits per heavy atom. The lowest BCUT2D eigenvalue weighted by Gasteiger charge is -2.05. The molecule has 0 atom stereocenters. The molecular formula is C18H17NO4. The lowest BCUT2D eigenvalue weighted by molar-refractivity contribution is -0.126. The van der Waals surface area contributed by atoms with E-state index in [0.29, 0.717) is 24.7 Å². The van der Waals surface area contributed by atoms with E-state index < -0.39 is 0 Å². The van der Waals surface area contributed by atoms with E-state index in [1.165, 1.54) is 0 Å². The highest BCUT2D eigenvalue weighted by Crippen LogP contribution is 2.22. The number of benzene rings is 1. The summed E-state index contributed by atoms with van der Waals surface area (Å²) in [5, 5.41) is 2.76. The van der Waals surface area contributed by atoms with Crippen LogP contribution in [0.15, 0.2) is 69.9 Å². The van der Waals surface area contributed by atoms with E-state index in [-0.39, 0.29) is 12.5 Å². The summed E-state index contributed by atoms with van der Waals surface area (Å²) in [6.07, 6.45) is 3.20. The summed E-state index contributed by atoms with van der Waals surface area (Å²) in [4.78, 5) is 11.7. The van der Waals surface area contributed by atoms with Crippen LogP contribution in [0.3, 0.4) is 0 Å². The number of nitrogens with one attached hydrogen (secondary N) is 1. The highest BCUT2D eigenvalue weighted by Gasteiger charge is 2.07. The van der Waals surface area contributed by atoms with Crippen molar-refractivity contribution in [3.8, 4) is 11.3 Å². The number of furan rings is 2. The Bertz CT molecular complexity index is 731. The van der Waals surface area contributed by atoms with Gasteiger partial charge in [0, 0.05) is 0 Å². The number of amides is 1. The summed E-state index contributed by atoms with van der Waals surface area (Å²) in [6.45, 7) is 0.759. The van der Waals surface area contributed by atoms with Gasteiger partial charge in [0.1, 0.15) is 24.4 Å². The molecule has 2 aromatic heterocycles. The average molecular weight is 311 g/mol. The van der Waals surface area contributed by atoms with Gasteiger partial charge in [-0.3, -0.25) is 4.79 Å². The Labute approximate surface area is 133 Å². The van der Waals surface area contributed by atoms with Crippen LogP contribution in [0.4, 0.5) is 0 Å². The molecule has 0 aliphatic heterocycles. The fourth-order valence-electron chi connectivity index (χ4n) is 2.11. The maximum atomic E-state index is 11.7. The number of hydrogen-bond donors (Lipinski definition) is 1. The van der Waals surface area contributed by atoms with E-state index in [1.807, 2.05) is 48.5 Å². The summed E-state index contributed by atoms with van der Waals surface area (Å²) < 4.78 is 16.0. The summed E-state index contributed by atoms with van der Waals surface area (Å²) in [5.41, 5.74) is 1.91. The van der Waals surface area contributed by atoms with E-state index in [4.69, 9.17) is 13.6 Å². The maximum absolute atomic E-state index is 11.7. The molecule has 23 heavy (non-hydrogen) atoms. The zero-order valence-corrected chi connectivity index (χ0v) is 12.5. The predicted octanol–water partition coefficient (Wildman–Crippen LogP) is 3.37. The van der Waals surface area contributed by atoms with Crippen molar-refractivity contribution in [1.29, 1.82) is 0 Å². The van der Waals surface area contributed by atoms with Gasteiger partial charge in [-0.2, -0.15) is 0 Å². The van der Waals surface area contributed by atoms with Gasteiger partial charge < -0.3 is 18.9 Å². The van der Waals surface area contributed by atoms with Crippen molar-refractivity contribution in [3.05, 3.63) is 72.4 Å². The first-order chi connectivity index (χ1) is 11.3. The third-order valence-electron chi connectivity index (χ3n) is 3.27. The molecule has 0 fully saturated rings. The molecule has 0 saturated carbocycles. The number of carbonyl (C=O) groups excluding carboxylic acids is 1. The largest absolute Gasteiger partial charge is 0.472 e. The molecule has 5 heteroatoms. The van der Waals surface area contributed by atoms with Gasteiger partial charge in [0.15, 0.2) is 0 Å². The second-order valence-corrected chi connectivity index (χ2v) is 5.03. The van der Waals surface area contributed by atoms with Crippen LogP contribution in [0.5, 0.6) is 0 Å². The molecule has 0 aliphatic rings. The van der Waals surface area contributed by atoms with E-state index in [2.05, 4.69) is 5.32 Å². The third kappa shape index (κ3) is 4.34. The lowest BCUT2D eigenvalue weighted by Crippen LogP contribution is -2.26. The van der Waals surface area contributed by atoms with Crippen molar-refractivity contribution >= 4 is 5.91 Å². The van der Waals surface area contributed by atoms with E-state index in [9.17, 15) is 4.79 Å². The van der Waals surface area contributed by atoms with Crippen LogP contribution in [-0.2, 0) is 22.7 Å². The highest BCUT2D eigenvalue weighted by atomic mass is 16.5. The highest BCUT2D eigenvalue weighted by molar-refractivity contribution is 5.77. The molecule has 5 nitrogen and oxygen atoms in total. The minimum Gasteiger partial charge on any atom is -0.472 e. The molecule has 0 bridgehead atoms. The molecule has 0 aliphatic carbocycles. The van der Waals surface area contributed by atoms with Gasteiger partial charge in [-0.25, -0.2) is 0 Å². The van der Waals surface area contributed by atoms with E-state index in [1.54, 1.807) is 12.5 Å². The Kier molecular flexibility index (Phi) is 4.91. The molecule has 1 aromatic carbocycles. The van der Waals surface area contributed by atoms with Gasteiger partial charge in [-0.15, -0.1) is 0 Å². The van der Waals surface area contributed by atoms with Gasteiger partial charge in [-0.1, -0.05) is 30.3 Å². The van der Waals surface area contributed by atoms with Gasteiger partial charge in [0.05, 0.1) is 25.0 Å². The van der Waals surface area contributed by atoms with Crippen LogP contribution in [0, 0.1) is 0 Å². The second kappa shape index (κ2) is 7.47.